The Hall–Kier alpha value is -1.16. The van der Waals surface area contributed by atoms with Crippen molar-refractivity contribution >= 4 is 44.8 Å². The molecule has 1 aromatic heterocycles. The van der Waals surface area contributed by atoms with Gasteiger partial charge in [-0.15, -0.1) is 0 Å². The third-order valence-corrected chi connectivity index (χ3v) is 6.97. The Kier molecular flexibility index (Phi) is 5.91. The summed E-state index contributed by atoms with van der Waals surface area (Å²) < 4.78 is 27.9. The minimum atomic E-state index is -3.57. The first-order valence-corrected chi connectivity index (χ1v) is 10.3. The topological polar surface area (TPSA) is 75.5 Å². The van der Waals surface area contributed by atoms with Crippen LogP contribution < -0.4 is 5.56 Å². The minimum Gasteiger partial charge on any atom is -0.282 e. The molecule has 1 fully saturated rings. The van der Waals surface area contributed by atoms with E-state index < -0.39 is 15.6 Å². The van der Waals surface area contributed by atoms with Crippen molar-refractivity contribution in [2.45, 2.75) is 11.6 Å². The Morgan fingerprint density at radius 2 is 1.62 bits per heavy atom. The highest BCUT2D eigenvalue weighted by atomic mass is 35.5. The van der Waals surface area contributed by atoms with Crippen LogP contribution in [0.2, 0.25) is 15.1 Å². The molecule has 7 nitrogen and oxygen atoms in total. The standard InChI is InChI=1S/C15H15Cl3N4O3S/c16-11-1-3-12(4-2-11)26(24,25)21-7-5-20(6-8-21)10-22-15(23)14(18)13(17)9-19-22/h1-4,9H,5-8,10H2. The fourth-order valence-electron chi connectivity index (χ4n) is 2.60. The predicted molar refractivity (Wildman–Crippen MR) is 100 cm³/mol. The van der Waals surface area contributed by atoms with E-state index in [2.05, 4.69) is 5.10 Å². The minimum absolute atomic E-state index is 0.0781. The van der Waals surface area contributed by atoms with Crippen LogP contribution in [0.3, 0.4) is 0 Å². The van der Waals surface area contributed by atoms with Crippen molar-refractivity contribution in [1.29, 1.82) is 0 Å². The highest BCUT2D eigenvalue weighted by molar-refractivity contribution is 7.89. The molecule has 0 unspecified atom stereocenters. The van der Waals surface area contributed by atoms with E-state index in [0.29, 0.717) is 31.2 Å². The molecule has 26 heavy (non-hydrogen) atoms. The molecule has 0 aliphatic carbocycles. The van der Waals surface area contributed by atoms with Gasteiger partial charge in [0.2, 0.25) is 10.0 Å². The molecule has 1 aliphatic heterocycles. The van der Waals surface area contributed by atoms with E-state index in [4.69, 9.17) is 34.8 Å². The molecule has 0 atom stereocenters. The van der Waals surface area contributed by atoms with Crippen molar-refractivity contribution in [3.63, 3.8) is 0 Å². The largest absolute Gasteiger partial charge is 0.288 e. The van der Waals surface area contributed by atoms with Gasteiger partial charge in [0.1, 0.15) is 5.02 Å². The van der Waals surface area contributed by atoms with Gasteiger partial charge >= 0.3 is 0 Å². The molecule has 0 spiro atoms. The molecule has 2 aromatic rings. The molecule has 0 bridgehead atoms. The summed E-state index contributed by atoms with van der Waals surface area (Å²) in [5.41, 5.74) is -0.476. The zero-order valence-corrected chi connectivity index (χ0v) is 16.6. The highest BCUT2D eigenvalue weighted by Crippen LogP contribution is 2.20. The molecule has 1 saturated heterocycles. The van der Waals surface area contributed by atoms with Gasteiger partial charge < -0.3 is 0 Å². The molecule has 0 saturated carbocycles. The van der Waals surface area contributed by atoms with Crippen LogP contribution in [-0.4, -0.2) is 53.6 Å². The number of hydrogen-bond acceptors (Lipinski definition) is 5. The molecule has 0 amide bonds. The number of sulfonamides is 1. The predicted octanol–water partition coefficient (Wildman–Crippen LogP) is 2.17. The summed E-state index contributed by atoms with van der Waals surface area (Å²) in [5, 5.41) is 4.46. The van der Waals surface area contributed by atoms with Crippen LogP contribution >= 0.6 is 34.8 Å². The zero-order valence-electron chi connectivity index (χ0n) is 13.5. The average molecular weight is 438 g/mol. The summed E-state index contributed by atoms with van der Waals surface area (Å²) >= 11 is 17.4. The van der Waals surface area contributed by atoms with Gasteiger partial charge in [-0.05, 0) is 24.3 Å². The fraction of sp³-hybridized carbons (Fsp3) is 0.333. The Bertz CT molecular complexity index is 955. The molecule has 1 aromatic carbocycles. The second-order valence-electron chi connectivity index (χ2n) is 5.73. The maximum absolute atomic E-state index is 12.7. The van der Waals surface area contributed by atoms with Crippen molar-refractivity contribution in [1.82, 2.24) is 19.0 Å². The second kappa shape index (κ2) is 7.84. The van der Waals surface area contributed by atoms with Crippen LogP contribution in [0.1, 0.15) is 0 Å². The lowest BCUT2D eigenvalue weighted by molar-refractivity contribution is 0.143. The average Bonchev–Trinajstić information content (AvgIpc) is 2.63. The number of hydrogen-bond donors (Lipinski definition) is 0. The van der Waals surface area contributed by atoms with Crippen molar-refractivity contribution < 1.29 is 8.42 Å². The number of rotatable bonds is 4. The third kappa shape index (κ3) is 4.05. The number of piperazine rings is 1. The van der Waals surface area contributed by atoms with Gasteiger partial charge in [0.05, 0.1) is 22.8 Å². The maximum Gasteiger partial charge on any atom is 0.288 e. The van der Waals surface area contributed by atoms with Crippen molar-refractivity contribution in [2.75, 3.05) is 26.2 Å². The lowest BCUT2D eigenvalue weighted by Gasteiger charge is -2.33. The van der Waals surface area contributed by atoms with E-state index in [1.165, 1.54) is 27.3 Å². The normalized spacial score (nSPS) is 16.7. The summed E-state index contributed by atoms with van der Waals surface area (Å²) in [6.45, 7) is 1.75. The van der Waals surface area contributed by atoms with Crippen LogP contribution in [0, 0.1) is 0 Å². The van der Waals surface area contributed by atoms with Crippen molar-refractivity contribution in [3.8, 4) is 0 Å². The summed E-state index contributed by atoms with van der Waals surface area (Å²) in [4.78, 5) is 14.2. The van der Waals surface area contributed by atoms with E-state index in [9.17, 15) is 13.2 Å². The smallest absolute Gasteiger partial charge is 0.282 e. The van der Waals surface area contributed by atoms with E-state index in [1.807, 2.05) is 4.90 Å². The van der Waals surface area contributed by atoms with Crippen LogP contribution in [0.4, 0.5) is 0 Å². The lowest BCUT2D eigenvalue weighted by Crippen LogP contribution is -2.49. The van der Waals surface area contributed by atoms with Crippen molar-refractivity contribution in [3.05, 3.63) is 55.9 Å². The van der Waals surface area contributed by atoms with Crippen LogP contribution in [0.15, 0.2) is 40.2 Å². The van der Waals surface area contributed by atoms with Crippen molar-refractivity contribution in [2.24, 2.45) is 0 Å². The molecule has 140 valence electrons. The maximum atomic E-state index is 12.7. The monoisotopic (exact) mass is 436 g/mol. The molecule has 0 N–H and O–H groups in total. The number of aromatic nitrogens is 2. The Balaban J connectivity index is 1.67. The molecular weight excluding hydrogens is 423 g/mol. The first-order chi connectivity index (χ1) is 12.3. The van der Waals surface area contributed by atoms with Gasteiger partial charge in [-0.1, -0.05) is 34.8 Å². The lowest BCUT2D eigenvalue weighted by atomic mass is 10.4. The van der Waals surface area contributed by atoms with E-state index in [-0.39, 0.29) is 21.6 Å². The molecule has 11 heteroatoms. The first kappa shape index (κ1) is 19.6. The van der Waals surface area contributed by atoms with E-state index >= 15 is 0 Å². The molecule has 0 radical (unpaired) electrons. The van der Waals surface area contributed by atoms with Gasteiger partial charge in [-0.25, -0.2) is 13.1 Å². The third-order valence-electron chi connectivity index (χ3n) is 4.06. The van der Waals surface area contributed by atoms with Crippen LogP contribution in [0.5, 0.6) is 0 Å². The zero-order chi connectivity index (χ0) is 18.9. The summed E-state index contributed by atoms with van der Waals surface area (Å²) in [5.74, 6) is 0. The summed E-state index contributed by atoms with van der Waals surface area (Å²) in [6, 6.07) is 6.08. The molecule has 1 aliphatic rings. The molecule has 2 heterocycles. The van der Waals surface area contributed by atoms with Gasteiger partial charge in [-0.2, -0.15) is 9.40 Å². The Morgan fingerprint density at radius 3 is 2.23 bits per heavy atom. The summed E-state index contributed by atoms with van der Waals surface area (Å²) in [6.07, 6.45) is 1.31. The van der Waals surface area contributed by atoms with E-state index in [1.54, 1.807) is 12.1 Å². The number of halogens is 3. The Labute approximate surface area is 165 Å². The van der Waals surface area contributed by atoms with Gasteiger partial charge in [0, 0.05) is 31.2 Å². The molecular formula is C15H15Cl3N4O3S. The van der Waals surface area contributed by atoms with E-state index in [0.717, 1.165) is 0 Å². The quantitative estimate of drug-likeness (QED) is 0.733. The number of nitrogens with zero attached hydrogens (tertiary/aromatic N) is 4. The Morgan fingerprint density at radius 1 is 1.00 bits per heavy atom. The summed E-state index contributed by atoms with van der Waals surface area (Å²) in [7, 11) is -3.57. The van der Waals surface area contributed by atoms with Gasteiger partial charge in [0.15, 0.2) is 0 Å². The number of benzene rings is 1. The van der Waals surface area contributed by atoms with Crippen LogP contribution in [-0.2, 0) is 16.7 Å². The van der Waals surface area contributed by atoms with Crippen LogP contribution in [0.25, 0.3) is 0 Å². The fourth-order valence-corrected chi connectivity index (χ4v) is 4.42. The second-order valence-corrected chi connectivity index (χ2v) is 8.89. The van der Waals surface area contributed by atoms with Gasteiger partial charge in [0.25, 0.3) is 5.56 Å². The van der Waals surface area contributed by atoms with Gasteiger partial charge in [-0.3, -0.25) is 9.69 Å². The highest BCUT2D eigenvalue weighted by Gasteiger charge is 2.28. The SMILES string of the molecule is O=c1c(Cl)c(Cl)cnn1CN1CCN(S(=O)(=O)c2ccc(Cl)cc2)CC1. The molecule has 3 rings (SSSR count). The first-order valence-electron chi connectivity index (χ1n) is 7.68.